The molecular weight excluding hydrogens is 232 g/mol. The van der Waals surface area contributed by atoms with Crippen LogP contribution in [0.4, 0.5) is 8.78 Å². The summed E-state index contributed by atoms with van der Waals surface area (Å²) in [6.45, 7) is 4.69. The van der Waals surface area contributed by atoms with Gasteiger partial charge >= 0.3 is 0 Å². The van der Waals surface area contributed by atoms with Gasteiger partial charge in [0.15, 0.2) is 0 Å². The van der Waals surface area contributed by atoms with Crippen LogP contribution in [-0.2, 0) is 5.92 Å². The van der Waals surface area contributed by atoms with E-state index in [0.29, 0.717) is 12.3 Å². The van der Waals surface area contributed by atoms with Crippen molar-refractivity contribution in [1.82, 2.24) is 5.32 Å². The first-order chi connectivity index (χ1) is 8.55. The Labute approximate surface area is 109 Å². The van der Waals surface area contributed by atoms with Crippen LogP contribution in [0.15, 0.2) is 24.3 Å². The Morgan fingerprint density at radius 2 is 2.00 bits per heavy atom. The molecule has 1 atom stereocenters. The molecule has 1 aromatic rings. The molecular formula is C15H23F2N. The van der Waals surface area contributed by atoms with Crippen molar-refractivity contribution in [1.29, 1.82) is 0 Å². The Morgan fingerprint density at radius 1 is 1.28 bits per heavy atom. The van der Waals surface area contributed by atoms with Gasteiger partial charge in [-0.05, 0) is 31.0 Å². The van der Waals surface area contributed by atoms with Crippen molar-refractivity contribution in [3.05, 3.63) is 35.4 Å². The molecule has 1 N–H and O–H groups in total. The molecule has 0 fully saturated rings. The largest absolute Gasteiger partial charge is 0.319 e. The zero-order chi connectivity index (χ0) is 13.6. The topological polar surface area (TPSA) is 12.0 Å². The third kappa shape index (κ3) is 3.77. The number of likely N-dealkylation sites (N-methyl/N-ethyl adjacent to an activating group) is 1. The van der Waals surface area contributed by atoms with E-state index < -0.39 is 5.92 Å². The summed E-state index contributed by atoms with van der Waals surface area (Å²) in [6, 6.07) is 6.88. The molecule has 0 saturated carbocycles. The molecule has 0 aliphatic carbocycles. The number of halogens is 2. The summed E-state index contributed by atoms with van der Waals surface area (Å²) < 4.78 is 27.7. The number of nitrogens with one attached hydrogen (secondary N) is 1. The number of benzene rings is 1. The van der Waals surface area contributed by atoms with Gasteiger partial charge in [-0.3, -0.25) is 0 Å². The van der Waals surface area contributed by atoms with E-state index in [-0.39, 0.29) is 12.0 Å². The first kappa shape index (κ1) is 15.1. The lowest BCUT2D eigenvalue weighted by Crippen LogP contribution is -2.18. The SMILES string of the molecule is CCCC(F)(F)c1cccc(C(CC)CNC)c1. The van der Waals surface area contributed by atoms with Crippen molar-refractivity contribution >= 4 is 0 Å². The fourth-order valence-corrected chi connectivity index (χ4v) is 2.22. The molecule has 0 aromatic heterocycles. The molecule has 1 aromatic carbocycles. The molecule has 0 radical (unpaired) electrons. The summed E-state index contributed by atoms with van der Waals surface area (Å²) in [4.78, 5) is 0. The number of hydrogen-bond donors (Lipinski definition) is 1. The Hall–Kier alpha value is -0.960. The van der Waals surface area contributed by atoms with Crippen molar-refractivity contribution in [2.75, 3.05) is 13.6 Å². The standard InChI is InChI=1S/C15H23F2N/c1-4-9-15(16,17)14-8-6-7-13(10-14)12(5-2)11-18-3/h6-8,10,12,18H,4-5,9,11H2,1-3H3. The molecule has 1 unspecified atom stereocenters. The first-order valence-corrected chi connectivity index (χ1v) is 6.68. The molecule has 1 rings (SSSR count). The molecule has 0 spiro atoms. The maximum atomic E-state index is 13.9. The summed E-state index contributed by atoms with van der Waals surface area (Å²) >= 11 is 0. The summed E-state index contributed by atoms with van der Waals surface area (Å²) in [5.41, 5.74) is 1.15. The second-order valence-corrected chi connectivity index (χ2v) is 4.74. The smallest absolute Gasteiger partial charge is 0.273 e. The maximum Gasteiger partial charge on any atom is 0.273 e. The fourth-order valence-electron chi connectivity index (χ4n) is 2.22. The van der Waals surface area contributed by atoms with Crippen LogP contribution in [0.25, 0.3) is 0 Å². The van der Waals surface area contributed by atoms with E-state index >= 15 is 0 Å². The third-order valence-corrected chi connectivity index (χ3v) is 3.29. The van der Waals surface area contributed by atoms with Gasteiger partial charge in [-0.15, -0.1) is 0 Å². The van der Waals surface area contributed by atoms with Gasteiger partial charge < -0.3 is 5.32 Å². The second kappa shape index (κ2) is 6.83. The normalized spacial score (nSPS) is 13.6. The van der Waals surface area contributed by atoms with E-state index in [2.05, 4.69) is 12.2 Å². The van der Waals surface area contributed by atoms with Crippen molar-refractivity contribution < 1.29 is 8.78 Å². The minimum Gasteiger partial charge on any atom is -0.319 e. The molecule has 0 amide bonds. The Kier molecular flexibility index (Phi) is 5.73. The third-order valence-electron chi connectivity index (χ3n) is 3.29. The molecule has 18 heavy (non-hydrogen) atoms. The van der Waals surface area contributed by atoms with E-state index in [4.69, 9.17) is 0 Å². The molecule has 102 valence electrons. The van der Waals surface area contributed by atoms with Crippen molar-refractivity contribution in [3.63, 3.8) is 0 Å². The first-order valence-electron chi connectivity index (χ1n) is 6.68. The molecule has 0 saturated heterocycles. The minimum atomic E-state index is -2.71. The zero-order valence-electron chi connectivity index (χ0n) is 11.5. The summed E-state index contributed by atoms with van der Waals surface area (Å²) in [5.74, 6) is -2.41. The van der Waals surface area contributed by atoms with Crippen LogP contribution in [-0.4, -0.2) is 13.6 Å². The average Bonchev–Trinajstić information content (AvgIpc) is 2.36. The van der Waals surface area contributed by atoms with Crippen molar-refractivity contribution in [3.8, 4) is 0 Å². The van der Waals surface area contributed by atoms with E-state index in [0.717, 1.165) is 18.5 Å². The van der Waals surface area contributed by atoms with Crippen molar-refractivity contribution in [2.45, 2.75) is 45.0 Å². The molecule has 0 aliphatic heterocycles. The van der Waals surface area contributed by atoms with Crippen LogP contribution in [0.2, 0.25) is 0 Å². The van der Waals surface area contributed by atoms with Gasteiger partial charge in [0.2, 0.25) is 0 Å². The van der Waals surface area contributed by atoms with E-state index in [9.17, 15) is 8.78 Å². The fraction of sp³-hybridized carbons (Fsp3) is 0.600. The van der Waals surface area contributed by atoms with Crippen molar-refractivity contribution in [2.24, 2.45) is 0 Å². The predicted molar refractivity (Wildman–Crippen MR) is 72.2 cm³/mol. The number of hydrogen-bond acceptors (Lipinski definition) is 1. The van der Waals surface area contributed by atoms with E-state index in [1.165, 1.54) is 6.07 Å². The summed E-state index contributed by atoms with van der Waals surface area (Å²) in [6.07, 6.45) is 1.36. The number of rotatable bonds is 7. The van der Waals surface area contributed by atoms with Gasteiger partial charge in [0.25, 0.3) is 5.92 Å². The highest BCUT2D eigenvalue weighted by Crippen LogP contribution is 2.34. The van der Waals surface area contributed by atoms with Crippen LogP contribution in [0.1, 0.15) is 50.2 Å². The van der Waals surface area contributed by atoms with Gasteiger partial charge in [-0.25, -0.2) is 8.78 Å². The Bertz CT molecular complexity index is 363. The van der Waals surface area contributed by atoms with Crippen LogP contribution in [0.5, 0.6) is 0 Å². The number of alkyl halides is 2. The van der Waals surface area contributed by atoms with E-state index in [1.807, 2.05) is 13.1 Å². The highest BCUT2D eigenvalue weighted by atomic mass is 19.3. The van der Waals surface area contributed by atoms with Gasteiger partial charge in [0, 0.05) is 18.5 Å². The van der Waals surface area contributed by atoms with Gasteiger partial charge in [-0.1, -0.05) is 38.5 Å². The Morgan fingerprint density at radius 3 is 2.56 bits per heavy atom. The lowest BCUT2D eigenvalue weighted by molar-refractivity contribution is -0.0141. The van der Waals surface area contributed by atoms with Gasteiger partial charge in [0.1, 0.15) is 0 Å². The predicted octanol–water partition coefficient (Wildman–Crippen LogP) is 4.29. The maximum absolute atomic E-state index is 13.9. The minimum absolute atomic E-state index is 0.0841. The lowest BCUT2D eigenvalue weighted by atomic mass is 9.92. The highest BCUT2D eigenvalue weighted by Gasteiger charge is 2.30. The molecule has 1 nitrogen and oxygen atoms in total. The average molecular weight is 255 g/mol. The monoisotopic (exact) mass is 255 g/mol. The highest BCUT2D eigenvalue weighted by molar-refractivity contribution is 5.29. The van der Waals surface area contributed by atoms with Crippen LogP contribution >= 0.6 is 0 Å². The van der Waals surface area contributed by atoms with Crippen LogP contribution < -0.4 is 5.32 Å². The van der Waals surface area contributed by atoms with Gasteiger partial charge in [0.05, 0.1) is 0 Å². The Balaban J connectivity index is 2.97. The molecule has 0 bridgehead atoms. The summed E-state index contributed by atoms with van der Waals surface area (Å²) in [5, 5.41) is 3.11. The zero-order valence-corrected chi connectivity index (χ0v) is 11.5. The van der Waals surface area contributed by atoms with Crippen LogP contribution in [0.3, 0.4) is 0 Å². The molecule has 0 heterocycles. The molecule has 3 heteroatoms. The lowest BCUT2D eigenvalue weighted by Gasteiger charge is -2.20. The molecule has 0 aliphatic rings. The van der Waals surface area contributed by atoms with Gasteiger partial charge in [-0.2, -0.15) is 0 Å². The summed E-state index contributed by atoms with van der Waals surface area (Å²) in [7, 11) is 1.89. The van der Waals surface area contributed by atoms with Crippen LogP contribution in [0, 0.1) is 0 Å². The van der Waals surface area contributed by atoms with E-state index in [1.54, 1.807) is 19.1 Å². The quantitative estimate of drug-likeness (QED) is 0.766. The second-order valence-electron chi connectivity index (χ2n) is 4.74.